The lowest BCUT2D eigenvalue weighted by Crippen LogP contribution is -2.37. The Bertz CT molecular complexity index is 834. The summed E-state index contributed by atoms with van der Waals surface area (Å²) >= 11 is 3.38. The predicted molar refractivity (Wildman–Crippen MR) is 86.5 cm³/mol. The molecule has 20 heavy (non-hydrogen) atoms. The van der Waals surface area contributed by atoms with E-state index in [1.807, 2.05) is 6.82 Å². The maximum atomic E-state index is 12.0. The van der Waals surface area contributed by atoms with E-state index in [9.17, 15) is 9.59 Å². The van der Waals surface area contributed by atoms with E-state index in [0.29, 0.717) is 22.7 Å². The zero-order valence-corrected chi connectivity index (χ0v) is 12.7. The normalized spacial score (nSPS) is 14.5. The van der Waals surface area contributed by atoms with Crippen molar-refractivity contribution < 1.29 is 4.42 Å². The molecule has 1 heterocycles. The van der Waals surface area contributed by atoms with Gasteiger partial charge < -0.3 is 4.42 Å². The quantitative estimate of drug-likeness (QED) is 0.763. The van der Waals surface area contributed by atoms with E-state index in [0.717, 1.165) is 16.5 Å². The fraction of sp³-hybridized carbons (Fsp3) is 0.200. The zero-order chi connectivity index (χ0) is 14.9. The van der Waals surface area contributed by atoms with Crippen molar-refractivity contribution >= 4 is 41.9 Å². The van der Waals surface area contributed by atoms with Crippen LogP contribution in [0.1, 0.15) is 17.5 Å². The summed E-state index contributed by atoms with van der Waals surface area (Å²) in [5, 5.41) is 0.827. The minimum Gasteiger partial charge on any atom is -0.386 e. The van der Waals surface area contributed by atoms with Crippen molar-refractivity contribution in [2.45, 2.75) is 19.7 Å². The Morgan fingerprint density at radius 3 is 2.75 bits per heavy atom. The molecule has 0 aromatic carbocycles. The summed E-state index contributed by atoms with van der Waals surface area (Å²) < 4.78 is 5.78. The van der Waals surface area contributed by atoms with Gasteiger partial charge in [-0.3, -0.25) is 0 Å². The highest BCUT2D eigenvalue weighted by atomic mass is 79.9. The number of halogens is 1. The summed E-state index contributed by atoms with van der Waals surface area (Å²) in [6, 6.07) is 0. The first-order valence-electron chi connectivity index (χ1n) is 6.19. The first-order valence-corrected chi connectivity index (χ1v) is 6.98. The monoisotopic (exact) mass is 331 g/mol. The molecule has 0 aliphatic heterocycles. The number of fused-ring (bicyclic) bond motifs is 1. The van der Waals surface area contributed by atoms with Gasteiger partial charge in [0.1, 0.15) is 7.28 Å². The van der Waals surface area contributed by atoms with Gasteiger partial charge in [-0.15, -0.1) is 6.58 Å². The summed E-state index contributed by atoms with van der Waals surface area (Å²) in [5.41, 5.74) is 0.525. The minimum atomic E-state index is -0.679. The molecular weight excluding hydrogens is 319 g/mol. The Balaban J connectivity index is 2.98. The Labute approximate surface area is 125 Å². The molecule has 0 fully saturated rings. The Hall–Kier alpha value is -1.62. The fourth-order valence-corrected chi connectivity index (χ4v) is 2.51. The number of rotatable bonds is 2. The summed E-state index contributed by atoms with van der Waals surface area (Å²) in [7, 11) is 1.77. The second-order valence-electron chi connectivity index (χ2n) is 4.56. The van der Waals surface area contributed by atoms with Gasteiger partial charge in [0.2, 0.25) is 0 Å². The van der Waals surface area contributed by atoms with Gasteiger partial charge >= 0.3 is 11.3 Å². The van der Waals surface area contributed by atoms with Crippen molar-refractivity contribution in [1.82, 2.24) is 0 Å². The van der Waals surface area contributed by atoms with Gasteiger partial charge in [-0.1, -0.05) is 40.9 Å². The van der Waals surface area contributed by atoms with Gasteiger partial charge in [0.15, 0.2) is 0 Å². The van der Waals surface area contributed by atoms with Gasteiger partial charge in [-0.25, -0.2) is 9.59 Å². The van der Waals surface area contributed by atoms with Crippen molar-refractivity contribution in [1.29, 1.82) is 0 Å². The molecule has 0 amide bonds. The van der Waals surface area contributed by atoms with Crippen LogP contribution in [0.4, 0.5) is 0 Å². The van der Waals surface area contributed by atoms with Crippen LogP contribution in [0.15, 0.2) is 30.5 Å². The highest BCUT2D eigenvalue weighted by Gasteiger charge is 2.14. The summed E-state index contributed by atoms with van der Waals surface area (Å²) in [4.78, 5) is 24.0. The SMILES string of the molecule is C=C([B]C)/C=c1/c(=O)oc(=O)c2c(c1=C)CCC(Br)=C2. The predicted octanol–water partition coefficient (Wildman–Crippen LogP) is 1.14. The van der Waals surface area contributed by atoms with Crippen LogP contribution in [0, 0.1) is 0 Å². The second-order valence-corrected chi connectivity index (χ2v) is 5.58. The molecule has 101 valence electrons. The molecule has 1 radical (unpaired) electrons. The third kappa shape index (κ3) is 2.77. The van der Waals surface area contributed by atoms with Crippen molar-refractivity contribution in [3.63, 3.8) is 0 Å². The molecule has 3 nitrogen and oxygen atoms in total. The van der Waals surface area contributed by atoms with Gasteiger partial charge in [0.25, 0.3) is 0 Å². The van der Waals surface area contributed by atoms with E-state index in [1.165, 1.54) is 0 Å². The molecule has 0 bridgehead atoms. The maximum Gasteiger partial charge on any atom is 0.346 e. The molecule has 0 saturated carbocycles. The molecule has 1 aliphatic carbocycles. The maximum absolute atomic E-state index is 12.0. The van der Waals surface area contributed by atoms with Crippen molar-refractivity contribution in [3.05, 3.63) is 58.9 Å². The molecule has 0 saturated heterocycles. The molecule has 0 spiro atoms. The van der Waals surface area contributed by atoms with Gasteiger partial charge in [0.05, 0.1) is 10.8 Å². The van der Waals surface area contributed by atoms with Gasteiger partial charge in [-0.2, -0.15) is 0 Å². The molecular formula is C15H13BBrO3. The molecule has 1 aromatic rings. The van der Waals surface area contributed by atoms with E-state index in [4.69, 9.17) is 4.42 Å². The largest absolute Gasteiger partial charge is 0.386 e. The first-order chi connectivity index (χ1) is 9.43. The molecule has 5 heteroatoms. The van der Waals surface area contributed by atoms with Crippen LogP contribution < -0.4 is 21.7 Å². The second kappa shape index (κ2) is 5.79. The minimum absolute atomic E-state index is 0.290. The summed E-state index contributed by atoms with van der Waals surface area (Å²) in [6.07, 6.45) is 4.71. The van der Waals surface area contributed by atoms with Gasteiger partial charge in [0, 0.05) is 0 Å². The van der Waals surface area contributed by atoms with Crippen LogP contribution in [0.5, 0.6) is 0 Å². The smallest absolute Gasteiger partial charge is 0.346 e. The lowest BCUT2D eigenvalue weighted by molar-refractivity contribution is 0.474. The number of hydrogen-bond acceptors (Lipinski definition) is 3. The topological polar surface area (TPSA) is 47.3 Å². The molecule has 0 atom stereocenters. The van der Waals surface area contributed by atoms with E-state index >= 15 is 0 Å². The fourth-order valence-electron chi connectivity index (χ4n) is 2.09. The van der Waals surface area contributed by atoms with E-state index < -0.39 is 11.3 Å². The van der Waals surface area contributed by atoms with E-state index in [-0.39, 0.29) is 5.22 Å². The average Bonchev–Trinajstić information content (AvgIpc) is 2.50. The molecule has 1 aliphatic rings. The van der Waals surface area contributed by atoms with Gasteiger partial charge in [-0.05, 0) is 34.2 Å². The summed E-state index contributed by atoms with van der Waals surface area (Å²) in [6.45, 7) is 9.58. The van der Waals surface area contributed by atoms with Crippen molar-refractivity contribution in [3.8, 4) is 0 Å². The standard InChI is InChI=1S/C15H13BBrO3/c1-8(16-3)6-12-9(2)11-5-4-10(17)7-13(11)15(19)20-14(12)18/h6-7H,1-2,4-5H2,3H3/b12-6+. The Kier molecular flexibility index (Phi) is 4.28. The number of allylic oxidation sites excluding steroid dienone is 2. The van der Waals surface area contributed by atoms with Crippen molar-refractivity contribution in [2.24, 2.45) is 0 Å². The van der Waals surface area contributed by atoms with Crippen LogP contribution in [0.3, 0.4) is 0 Å². The van der Waals surface area contributed by atoms with E-state index in [2.05, 4.69) is 29.1 Å². The third-order valence-corrected chi connectivity index (χ3v) is 3.88. The molecule has 0 N–H and O–H groups in total. The highest BCUT2D eigenvalue weighted by molar-refractivity contribution is 9.11. The molecule has 2 rings (SSSR count). The van der Waals surface area contributed by atoms with Crippen LogP contribution >= 0.6 is 15.9 Å². The average molecular weight is 332 g/mol. The highest BCUT2D eigenvalue weighted by Crippen LogP contribution is 2.22. The first kappa shape index (κ1) is 14.8. The zero-order valence-electron chi connectivity index (χ0n) is 11.2. The van der Waals surface area contributed by atoms with Crippen LogP contribution in [-0.2, 0) is 6.42 Å². The van der Waals surface area contributed by atoms with Crippen LogP contribution in [0.2, 0.25) is 6.82 Å². The lowest BCUT2D eigenvalue weighted by Gasteiger charge is -2.09. The summed E-state index contributed by atoms with van der Waals surface area (Å²) in [5.74, 6) is 0. The van der Waals surface area contributed by atoms with Crippen LogP contribution in [0.25, 0.3) is 18.7 Å². The Morgan fingerprint density at radius 2 is 2.10 bits per heavy atom. The van der Waals surface area contributed by atoms with Crippen LogP contribution in [-0.4, -0.2) is 7.28 Å². The number of hydrogen-bond donors (Lipinski definition) is 0. The van der Waals surface area contributed by atoms with Crippen molar-refractivity contribution in [2.75, 3.05) is 0 Å². The third-order valence-electron chi connectivity index (χ3n) is 3.26. The lowest BCUT2D eigenvalue weighted by atomic mass is 9.73. The molecule has 0 unspecified atom stereocenters. The molecule has 1 aromatic heterocycles. The Morgan fingerprint density at radius 1 is 1.40 bits per heavy atom. The van der Waals surface area contributed by atoms with E-state index in [1.54, 1.807) is 19.4 Å².